The molecule has 0 amide bonds. The third-order valence-electron chi connectivity index (χ3n) is 2.67. The van der Waals surface area contributed by atoms with Crippen LogP contribution in [0, 0.1) is 0 Å². The Balaban J connectivity index is 2.68. The summed E-state index contributed by atoms with van der Waals surface area (Å²) in [6, 6.07) is 0.154. The highest BCUT2D eigenvalue weighted by Crippen LogP contribution is 2.16. The van der Waals surface area contributed by atoms with Crippen molar-refractivity contribution in [2.24, 2.45) is 0 Å². The molecule has 78 valence electrons. The van der Waals surface area contributed by atoms with Crippen LogP contribution >= 0.6 is 0 Å². The van der Waals surface area contributed by atoms with Crippen molar-refractivity contribution in [1.82, 2.24) is 4.90 Å². The Morgan fingerprint density at radius 2 is 2.00 bits per heavy atom. The molecule has 0 saturated heterocycles. The maximum Gasteiger partial charge on any atom is 0.0908 e. The number of hydrogen-bond acceptors (Lipinski definition) is 2. The van der Waals surface area contributed by atoms with Crippen LogP contribution in [0.4, 0.5) is 0 Å². The van der Waals surface area contributed by atoms with Gasteiger partial charge in [-0.15, -0.1) is 0 Å². The zero-order chi connectivity index (χ0) is 10.6. The number of nitrogens with zero attached hydrogens (tertiary/aromatic N) is 1. The van der Waals surface area contributed by atoms with Crippen molar-refractivity contribution in [2.45, 2.75) is 25.5 Å². The molecule has 1 N–H and O–H groups in total. The molecular formula is C12H19NO. The second-order valence-electron chi connectivity index (χ2n) is 3.91. The van der Waals surface area contributed by atoms with Crippen LogP contribution < -0.4 is 0 Å². The van der Waals surface area contributed by atoms with Gasteiger partial charge in [0.1, 0.15) is 0 Å². The number of likely N-dealkylation sites (N-methyl/N-ethyl adjacent to an activating group) is 1. The Bertz CT molecular complexity index is 263. The summed E-state index contributed by atoms with van der Waals surface area (Å²) in [5.41, 5.74) is 1.08. The Morgan fingerprint density at radius 3 is 2.64 bits per heavy atom. The zero-order valence-corrected chi connectivity index (χ0v) is 9.14. The van der Waals surface area contributed by atoms with E-state index in [9.17, 15) is 5.11 Å². The number of allylic oxidation sites excluding steroid dienone is 5. The van der Waals surface area contributed by atoms with Gasteiger partial charge in [0.25, 0.3) is 0 Å². The molecule has 0 radical (unpaired) electrons. The predicted molar refractivity (Wildman–Crippen MR) is 60.1 cm³/mol. The van der Waals surface area contributed by atoms with Crippen LogP contribution in [0.5, 0.6) is 0 Å². The van der Waals surface area contributed by atoms with Gasteiger partial charge in [0.05, 0.1) is 6.10 Å². The first-order valence-corrected chi connectivity index (χ1v) is 4.99. The van der Waals surface area contributed by atoms with Crippen LogP contribution in [0.3, 0.4) is 0 Å². The average Bonchev–Trinajstić information content (AvgIpc) is 2.43. The number of aliphatic hydroxyl groups is 1. The standard InChI is InChI=1S/C12H19NO/c1-10(13(2)3)12(14)11-8-6-4-5-7-9-11/h4-8,10,12,14H,9H2,1-3H3/t10?,12-/m1/s1. The van der Waals surface area contributed by atoms with Crippen molar-refractivity contribution in [3.63, 3.8) is 0 Å². The molecular weight excluding hydrogens is 174 g/mol. The molecule has 0 aromatic carbocycles. The van der Waals surface area contributed by atoms with E-state index in [4.69, 9.17) is 0 Å². The molecule has 0 spiro atoms. The molecule has 2 atom stereocenters. The minimum atomic E-state index is -0.377. The first-order chi connectivity index (χ1) is 6.63. The van der Waals surface area contributed by atoms with Crippen LogP contribution in [0.1, 0.15) is 13.3 Å². The van der Waals surface area contributed by atoms with Crippen molar-refractivity contribution in [1.29, 1.82) is 0 Å². The Kier molecular flexibility index (Phi) is 4.11. The SMILES string of the molecule is CC([C@@H](O)C1=CC=CC=CC1)N(C)C. The minimum absolute atomic E-state index is 0.154. The molecule has 2 heteroatoms. The molecule has 0 fully saturated rings. The van der Waals surface area contributed by atoms with Crippen LogP contribution in [0.15, 0.2) is 36.0 Å². The van der Waals surface area contributed by atoms with E-state index in [-0.39, 0.29) is 12.1 Å². The zero-order valence-electron chi connectivity index (χ0n) is 9.14. The fourth-order valence-corrected chi connectivity index (χ4v) is 1.41. The van der Waals surface area contributed by atoms with Crippen molar-refractivity contribution in [2.75, 3.05) is 14.1 Å². The summed E-state index contributed by atoms with van der Waals surface area (Å²) in [7, 11) is 3.97. The fraction of sp³-hybridized carbons (Fsp3) is 0.500. The molecule has 2 nitrogen and oxygen atoms in total. The van der Waals surface area contributed by atoms with E-state index >= 15 is 0 Å². The summed E-state index contributed by atoms with van der Waals surface area (Å²) in [6.07, 6.45) is 10.5. The summed E-state index contributed by atoms with van der Waals surface area (Å²) in [5, 5.41) is 10.1. The lowest BCUT2D eigenvalue weighted by Gasteiger charge is -2.26. The highest BCUT2D eigenvalue weighted by molar-refractivity contribution is 5.26. The molecule has 1 aliphatic rings. The largest absolute Gasteiger partial charge is 0.387 e. The summed E-state index contributed by atoms with van der Waals surface area (Å²) in [4.78, 5) is 2.03. The first-order valence-electron chi connectivity index (χ1n) is 4.99. The molecule has 0 heterocycles. The Labute approximate surface area is 86.2 Å². The van der Waals surface area contributed by atoms with Gasteiger partial charge in [-0.1, -0.05) is 30.4 Å². The topological polar surface area (TPSA) is 23.5 Å². The van der Waals surface area contributed by atoms with Crippen molar-refractivity contribution in [3.8, 4) is 0 Å². The van der Waals surface area contributed by atoms with Crippen molar-refractivity contribution < 1.29 is 5.11 Å². The lowest BCUT2D eigenvalue weighted by molar-refractivity contribution is 0.112. The van der Waals surface area contributed by atoms with E-state index in [0.717, 1.165) is 12.0 Å². The van der Waals surface area contributed by atoms with Crippen LogP contribution in [0.2, 0.25) is 0 Å². The maximum absolute atomic E-state index is 10.1. The van der Waals surface area contributed by atoms with Crippen molar-refractivity contribution in [3.05, 3.63) is 36.0 Å². The first kappa shape index (κ1) is 11.2. The maximum atomic E-state index is 10.1. The van der Waals surface area contributed by atoms with E-state index < -0.39 is 0 Å². The molecule has 1 rings (SSSR count). The number of rotatable bonds is 3. The molecule has 0 aromatic rings. The second-order valence-corrected chi connectivity index (χ2v) is 3.91. The molecule has 0 bridgehead atoms. The average molecular weight is 193 g/mol. The molecule has 1 aliphatic carbocycles. The molecule has 0 saturated carbocycles. The van der Waals surface area contributed by atoms with Gasteiger partial charge in [0.2, 0.25) is 0 Å². The van der Waals surface area contributed by atoms with E-state index in [2.05, 4.69) is 6.08 Å². The van der Waals surface area contributed by atoms with Crippen LogP contribution in [-0.2, 0) is 0 Å². The third kappa shape index (κ3) is 2.82. The normalized spacial score (nSPS) is 20.5. The van der Waals surface area contributed by atoms with Gasteiger partial charge in [-0.25, -0.2) is 0 Å². The summed E-state index contributed by atoms with van der Waals surface area (Å²) >= 11 is 0. The lowest BCUT2D eigenvalue weighted by atomic mass is 10.00. The number of hydrogen-bond donors (Lipinski definition) is 1. The van der Waals surface area contributed by atoms with Gasteiger partial charge < -0.3 is 10.0 Å². The Morgan fingerprint density at radius 1 is 1.29 bits per heavy atom. The van der Waals surface area contributed by atoms with Gasteiger partial charge >= 0.3 is 0 Å². The number of aliphatic hydroxyl groups excluding tert-OH is 1. The molecule has 14 heavy (non-hydrogen) atoms. The third-order valence-corrected chi connectivity index (χ3v) is 2.67. The van der Waals surface area contributed by atoms with Crippen molar-refractivity contribution >= 4 is 0 Å². The summed E-state index contributed by atoms with van der Waals surface area (Å²) in [5.74, 6) is 0. The van der Waals surface area contributed by atoms with Gasteiger partial charge in [-0.05, 0) is 33.0 Å². The van der Waals surface area contributed by atoms with Gasteiger partial charge in [-0.2, -0.15) is 0 Å². The van der Waals surface area contributed by atoms with Gasteiger partial charge in [0.15, 0.2) is 0 Å². The fourth-order valence-electron chi connectivity index (χ4n) is 1.41. The predicted octanol–water partition coefficient (Wildman–Crippen LogP) is 1.74. The quantitative estimate of drug-likeness (QED) is 0.738. The minimum Gasteiger partial charge on any atom is -0.387 e. The lowest BCUT2D eigenvalue weighted by Crippen LogP contribution is -2.37. The summed E-state index contributed by atoms with van der Waals surface area (Å²) in [6.45, 7) is 2.03. The monoisotopic (exact) mass is 193 g/mol. The second kappa shape index (κ2) is 5.13. The van der Waals surface area contributed by atoms with Gasteiger partial charge in [0, 0.05) is 6.04 Å². The molecule has 0 aliphatic heterocycles. The van der Waals surface area contributed by atoms with Gasteiger partial charge in [-0.3, -0.25) is 0 Å². The summed E-state index contributed by atoms with van der Waals surface area (Å²) < 4.78 is 0. The van der Waals surface area contributed by atoms with E-state index in [1.807, 2.05) is 50.2 Å². The highest BCUT2D eigenvalue weighted by atomic mass is 16.3. The van der Waals surface area contributed by atoms with Crippen LogP contribution in [-0.4, -0.2) is 36.2 Å². The smallest absolute Gasteiger partial charge is 0.0908 e. The van der Waals surface area contributed by atoms with Crippen LogP contribution in [0.25, 0.3) is 0 Å². The van der Waals surface area contributed by atoms with E-state index in [1.165, 1.54) is 0 Å². The van der Waals surface area contributed by atoms with E-state index in [0.29, 0.717) is 0 Å². The molecule has 0 aromatic heterocycles. The molecule has 1 unspecified atom stereocenters. The Hall–Kier alpha value is -0.860. The van der Waals surface area contributed by atoms with E-state index in [1.54, 1.807) is 0 Å². The highest BCUT2D eigenvalue weighted by Gasteiger charge is 2.19.